The third-order valence-corrected chi connectivity index (χ3v) is 4.14. The van der Waals surface area contributed by atoms with E-state index in [-0.39, 0.29) is 12.4 Å². The lowest BCUT2D eigenvalue weighted by atomic mass is 9.97. The second-order valence-corrected chi connectivity index (χ2v) is 6.14. The monoisotopic (exact) mass is 373 g/mol. The highest BCUT2D eigenvalue weighted by Gasteiger charge is 2.05. The van der Waals surface area contributed by atoms with E-state index in [0.29, 0.717) is 6.61 Å². The summed E-state index contributed by atoms with van der Waals surface area (Å²) >= 11 is 3.53. The second kappa shape index (κ2) is 10.3. The van der Waals surface area contributed by atoms with Gasteiger partial charge in [-0.2, -0.15) is 0 Å². The van der Waals surface area contributed by atoms with Crippen molar-refractivity contribution in [2.24, 2.45) is 0 Å². The Morgan fingerprint density at radius 2 is 2.14 bits per heavy atom. The Hall–Kier alpha value is -0.510. The lowest BCUT2D eigenvalue weighted by Gasteiger charge is -2.14. The molecule has 0 saturated carbocycles. The van der Waals surface area contributed by atoms with Crippen molar-refractivity contribution in [3.63, 3.8) is 0 Å². The van der Waals surface area contributed by atoms with E-state index in [9.17, 15) is 0 Å². The Balaban J connectivity index is 0.00000220. The fourth-order valence-corrected chi connectivity index (χ4v) is 2.99. The fourth-order valence-electron chi connectivity index (χ4n) is 2.59. The first-order valence-electron chi connectivity index (χ1n) is 7.59. The standard InChI is InChI=1S/C17H24BrNO.ClH/c1-2-20-17-9-8-16(18)12-15(17)13-19-11-10-14-6-4-3-5-7-14;/h6,8-9,12,19H,2-5,7,10-11,13H2,1H3;1H. The molecule has 0 saturated heterocycles. The summed E-state index contributed by atoms with van der Waals surface area (Å²) in [4.78, 5) is 0. The molecule has 0 heterocycles. The number of hydrogen-bond acceptors (Lipinski definition) is 2. The molecule has 0 fully saturated rings. The number of ether oxygens (including phenoxy) is 1. The zero-order valence-electron chi connectivity index (χ0n) is 12.7. The smallest absolute Gasteiger partial charge is 0.123 e. The first-order chi connectivity index (χ1) is 9.79. The van der Waals surface area contributed by atoms with Gasteiger partial charge in [-0.1, -0.05) is 27.6 Å². The molecule has 0 spiro atoms. The molecule has 1 aliphatic carbocycles. The lowest BCUT2D eigenvalue weighted by molar-refractivity contribution is 0.335. The van der Waals surface area contributed by atoms with Crippen molar-refractivity contribution < 1.29 is 4.74 Å². The van der Waals surface area contributed by atoms with Crippen molar-refractivity contribution >= 4 is 28.3 Å². The highest BCUT2D eigenvalue weighted by atomic mass is 79.9. The average molecular weight is 375 g/mol. The highest BCUT2D eigenvalue weighted by Crippen LogP contribution is 2.23. The fraction of sp³-hybridized carbons (Fsp3) is 0.529. The van der Waals surface area contributed by atoms with E-state index in [1.807, 2.05) is 19.1 Å². The van der Waals surface area contributed by atoms with Crippen LogP contribution in [0.5, 0.6) is 5.75 Å². The maximum atomic E-state index is 5.67. The van der Waals surface area contributed by atoms with Crippen LogP contribution in [0.1, 0.15) is 44.6 Å². The third-order valence-electron chi connectivity index (χ3n) is 3.65. The SMILES string of the molecule is CCOc1ccc(Br)cc1CNCCC1=CCCCC1.Cl. The highest BCUT2D eigenvalue weighted by molar-refractivity contribution is 9.10. The van der Waals surface area contributed by atoms with Crippen molar-refractivity contribution in [1.82, 2.24) is 5.32 Å². The van der Waals surface area contributed by atoms with Gasteiger partial charge in [0.1, 0.15) is 5.75 Å². The van der Waals surface area contributed by atoms with Gasteiger partial charge >= 0.3 is 0 Å². The summed E-state index contributed by atoms with van der Waals surface area (Å²) in [7, 11) is 0. The van der Waals surface area contributed by atoms with Gasteiger partial charge in [0.2, 0.25) is 0 Å². The Morgan fingerprint density at radius 3 is 2.86 bits per heavy atom. The summed E-state index contributed by atoms with van der Waals surface area (Å²) in [5, 5.41) is 3.53. The van der Waals surface area contributed by atoms with E-state index in [1.54, 1.807) is 5.57 Å². The van der Waals surface area contributed by atoms with Crippen LogP contribution >= 0.6 is 28.3 Å². The van der Waals surface area contributed by atoms with Gasteiger partial charge < -0.3 is 10.1 Å². The van der Waals surface area contributed by atoms with Crippen LogP contribution in [0.2, 0.25) is 0 Å². The van der Waals surface area contributed by atoms with E-state index in [2.05, 4.69) is 33.4 Å². The van der Waals surface area contributed by atoms with E-state index in [4.69, 9.17) is 4.74 Å². The molecule has 1 aliphatic rings. The topological polar surface area (TPSA) is 21.3 Å². The van der Waals surface area contributed by atoms with E-state index in [1.165, 1.54) is 37.7 Å². The molecule has 1 aromatic carbocycles. The predicted octanol–water partition coefficient (Wildman–Crippen LogP) is 5.25. The maximum Gasteiger partial charge on any atom is 0.123 e. The zero-order chi connectivity index (χ0) is 14.2. The third kappa shape index (κ3) is 6.41. The average Bonchev–Trinajstić information content (AvgIpc) is 2.47. The summed E-state index contributed by atoms with van der Waals surface area (Å²) in [5.41, 5.74) is 2.85. The van der Waals surface area contributed by atoms with Crippen molar-refractivity contribution in [3.8, 4) is 5.75 Å². The van der Waals surface area contributed by atoms with Crippen molar-refractivity contribution in [2.75, 3.05) is 13.2 Å². The largest absolute Gasteiger partial charge is 0.494 e. The molecule has 0 aliphatic heterocycles. The summed E-state index contributed by atoms with van der Waals surface area (Å²) in [6.45, 7) is 4.64. The summed E-state index contributed by atoms with van der Waals surface area (Å²) in [5.74, 6) is 0.986. The van der Waals surface area contributed by atoms with Gasteiger partial charge in [-0.3, -0.25) is 0 Å². The molecule has 2 rings (SSSR count). The van der Waals surface area contributed by atoms with E-state index < -0.39 is 0 Å². The van der Waals surface area contributed by atoms with Gasteiger partial charge in [0.05, 0.1) is 6.61 Å². The molecule has 4 heteroatoms. The van der Waals surface area contributed by atoms with Crippen LogP contribution in [0.4, 0.5) is 0 Å². The van der Waals surface area contributed by atoms with Crippen LogP contribution in [0.3, 0.4) is 0 Å². The van der Waals surface area contributed by atoms with Crippen molar-refractivity contribution in [3.05, 3.63) is 39.9 Å². The lowest BCUT2D eigenvalue weighted by Crippen LogP contribution is -2.16. The molecule has 0 amide bonds. The van der Waals surface area contributed by atoms with Gasteiger partial charge in [-0.15, -0.1) is 12.4 Å². The number of benzene rings is 1. The summed E-state index contributed by atoms with van der Waals surface area (Å²) in [6.07, 6.45) is 8.91. The predicted molar refractivity (Wildman–Crippen MR) is 95.4 cm³/mol. The molecular weight excluding hydrogens is 350 g/mol. The number of allylic oxidation sites excluding steroid dienone is 1. The summed E-state index contributed by atoms with van der Waals surface area (Å²) in [6, 6.07) is 6.20. The second-order valence-electron chi connectivity index (χ2n) is 5.22. The zero-order valence-corrected chi connectivity index (χ0v) is 15.1. The van der Waals surface area contributed by atoms with Gasteiger partial charge in [0.25, 0.3) is 0 Å². The Morgan fingerprint density at radius 1 is 1.29 bits per heavy atom. The van der Waals surface area contributed by atoms with Gasteiger partial charge in [0, 0.05) is 16.6 Å². The molecule has 0 unspecified atom stereocenters. The first kappa shape index (κ1) is 18.5. The minimum atomic E-state index is 0. The first-order valence-corrected chi connectivity index (χ1v) is 8.38. The van der Waals surface area contributed by atoms with Crippen molar-refractivity contribution in [2.45, 2.75) is 45.6 Å². The molecule has 118 valence electrons. The van der Waals surface area contributed by atoms with Crippen LogP contribution < -0.4 is 10.1 Å². The van der Waals surface area contributed by atoms with Crippen LogP contribution in [0, 0.1) is 0 Å². The molecule has 2 nitrogen and oxygen atoms in total. The molecule has 21 heavy (non-hydrogen) atoms. The molecule has 1 N–H and O–H groups in total. The van der Waals surface area contributed by atoms with Crippen molar-refractivity contribution in [1.29, 1.82) is 0 Å². The van der Waals surface area contributed by atoms with Crippen LogP contribution in [0.15, 0.2) is 34.3 Å². The van der Waals surface area contributed by atoms with Gasteiger partial charge in [-0.05, 0) is 63.8 Å². The number of halogens is 2. The molecule has 0 atom stereocenters. The van der Waals surface area contributed by atoms with Crippen LogP contribution in [0.25, 0.3) is 0 Å². The Bertz CT molecular complexity index is 462. The maximum absolute atomic E-state index is 5.67. The minimum absolute atomic E-state index is 0. The molecule has 0 aromatic heterocycles. The molecule has 1 aromatic rings. The number of rotatable bonds is 7. The molecule has 0 bridgehead atoms. The minimum Gasteiger partial charge on any atom is -0.494 e. The van der Waals surface area contributed by atoms with Crippen LogP contribution in [-0.4, -0.2) is 13.2 Å². The van der Waals surface area contributed by atoms with E-state index in [0.717, 1.165) is 23.3 Å². The van der Waals surface area contributed by atoms with Crippen LogP contribution in [-0.2, 0) is 6.54 Å². The van der Waals surface area contributed by atoms with Gasteiger partial charge in [-0.25, -0.2) is 0 Å². The Labute approximate surface area is 142 Å². The Kier molecular flexibility index (Phi) is 9.05. The normalized spacial score (nSPS) is 14.3. The van der Waals surface area contributed by atoms with Gasteiger partial charge in [0.15, 0.2) is 0 Å². The summed E-state index contributed by atoms with van der Waals surface area (Å²) < 4.78 is 6.77. The number of hydrogen-bond donors (Lipinski definition) is 1. The quantitative estimate of drug-likeness (QED) is 0.520. The number of nitrogens with one attached hydrogen (secondary N) is 1. The molecular formula is C17H25BrClNO. The van der Waals surface area contributed by atoms with E-state index >= 15 is 0 Å². The molecule has 0 radical (unpaired) electrons.